The predicted molar refractivity (Wildman–Crippen MR) is 130 cm³/mol. The minimum Gasteiger partial charge on any atom is -0.426 e. The fourth-order valence-corrected chi connectivity index (χ4v) is 3.53. The summed E-state index contributed by atoms with van der Waals surface area (Å²) in [6, 6.07) is 16.8. The highest BCUT2D eigenvalue weighted by molar-refractivity contribution is 6.43. The molecule has 0 saturated carbocycles. The molecule has 0 fully saturated rings. The lowest BCUT2D eigenvalue weighted by Crippen LogP contribution is -2.54. The fourth-order valence-electron chi connectivity index (χ4n) is 3.53. The summed E-state index contributed by atoms with van der Waals surface area (Å²) >= 11 is 0. The third-order valence-electron chi connectivity index (χ3n) is 5.41. The van der Waals surface area contributed by atoms with Crippen LogP contribution in [0.25, 0.3) is 0 Å². The number of Topliss-reactive ketones (excluding diaryl/α,β-unsaturated/α-hetero) is 1. The smallest absolute Gasteiger partial charge is 0.426 e. The molecule has 3 rings (SSSR count). The zero-order chi connectivity index (χ0) is 25.0. The third-order valence-corrected chi connectivity index (χ3v) is 5.41. The Morgan fingerprint density at radius 3 is 2.23 bits per heavy atom. The predicted octanol–water partition coefficient (Wildman–Crippen LogP) is 1.37. The van der Waals surface area contributed by atoms with Crippen LogP contribution in [-0.4, -0.2) is 56.7 Å². The molecule has 1 aromatic heterocycles. The molecule has 0 aliphatic heterocycles. The molecule has 4 N–H and O–H groups in total. The summed E-state index contributed by atoms with van der Waals surface area (Å²) in [6.07, 6.45) is 5.24. The third kappa shape index (κ3) is 8.13. The Morgan fingerprint density at radius 1 is 0.914 bits per heavy atom. The van der Waals surface area contributed by atoms with Crippen LogP contribution in [0.2, 0.25) is 0 Å². The van der Waals surface area contributed by atoms with E-state index in [2.05, 4.69) is 20.6 Å². The maximum atomic E-state index is 13.1. The van der Waals surface area contributed by atoms with E-state index in [9.17, 15) is 24.4 Å². The van der Waals surface area contributed by atoms with Crippen LogP contribution in [0.5, 0.6) is 0 Å². The molecule has 35 heavy (non-hydrogen) atoms. The first-order valence-corrected chi connectivity index (χ1v) is 11.3. The van der Waals surface area contributed by atoms with E-state index in [1.54, 1.807) is 30.3 Å². The van der Waals surface area contributed by atoms with Gasteiger partial charge in [-0.05, 0) is 24.8 Å². The van der Waals surface area contributed by atoms with Gasteiger partial charge in [-0.25, -0.2) is 4.98 Å². The maximum absolute atomic E-state index is 13.1. The molecule has 0 bridgehead atoms. The summed E-state index contributed by atoms with van der Waals surface area (Å²) in [4.78, 5) is 46.2. The minimum atomic E-state index is -1.81. The molecule has 0 spiro atoms. The highest BCUT2D eigenvalue weighted by Crippen LogP contribution is 2.10. The van der Waals surface area contributed by atoms with Gasteiger partial charge in [-0.1, -0.05) is 60.7 Å². The number of benzene rings is 2. The van der Waals surface area contributed by atoms with Crippen molar-refractivity contribution in [2.24, 2.45) is 0 Å². The zero-order valence-electron chi connectivity index (χ0n) is 19.1. The Morgan fingerprint density at radius 2 is 1.60 bits per heavy atom. The second kappa shape index (κ2) is 13.1. The Balaban J connectivity index is 1.69. The van der Waals surface area contributed by atoms with Gasteiger partial charge in [0.1, 0.15) is 11.7 Å². The van der Waals surface area contributed by atoms with Crippen LogP contribution in [0.4, 0.5) is 0 Å². The zero-order valence-corrected chi connectivity index (χ0v) is 19.1. The van der Waals surface area contributed by atoms with Crippen molar-refractivity contribution in [1.29, 1.82) is 0 Å². The van der Waals surface area contributed by atoms with Crippen molar-refractivity contribution >= 4 is 24.7 Å². The van der Waals surface area contributed by atoms with Gasteiger partial charge < -0.3 is 20.7 Å². The van der Waals surface area contributed by atoms with Crippen LogP contribution in [0.15, 0.2) is 79.3 Å². The molecule has 180 valence electrons. The summed E-state index contributed by atoms with van der Waals surface area (Å²) < 4.78 is 0. The first-order valence-electron chi connectivity index (χ1n) is 11.3. The van der Waals surface area contributed by atoms with Gasteiger partial charge >= 0.3 is 7.12 Å². The van der Waals surface area contributed by atoms with Gasteiger partial charge in [-0.2, -0.15) is 0 Å². The average molecular weight is 474 g/mol. The second-order valence-electron chi connectivity index (χ2n) is 8.02. The van der Waals surface area contributed by atoms with E-state index in [1.165, 1.54) is 18.6 Å². The Kier molecular flexibility index (Phi) is 9.64. The number of nitrogens with zero attached hydrogens (tertiary/aromatic N) is 2. The number of aryl methyl sites for hydroxylation is 1. The quantitative estimate of drug-likeness (QED) is 0.230. The number of aromatic nitrogens is 2. The van der Waals surface area contributed by atoms with Crippen molar-refractivity contribution in [2.45, 2.75) is 37.7 Å². The van der Waals surface area contributed by atoms with Crippen LogP contribution in [0.3, 0.4) is 0 Å². The summed E-state index contributed by atoms with van der Waals surface area (Å²) in [7, 11) is -1.81. The molecule has 2 atom stereocenters. The van der Waals surface area contributed by atoms with Gasteiger partial charge in [0.2, 0.25) is 5.91 Å². The van der Waals surface area contributed by atoms with Crippen molar-refractivity contribution in [3.8, 4) is 0 Å². The maximum Gasteiger partial charge on any atom is 0.475 e. The van der Waals surface area contributed by atoms with Gasteiger partial charge in [0, 0.05) is 24.4 Å². The SMILES string of the molecule is O=C(C[C@@H](NC(=O)c1cnccn1)C(=O)N[C@@H](CCCc1ccccc1)B(O)O)c1ccccc1. The van der Waals surface area contributed by atoms with E-state index in [1.807, 2.05) is 30.3 Å². The molecular formula is C25H27BN4O5. The van der Waals surface area contributed by atoms with Crippen molar-refractivity contribution in [1.82, 2.24) is 20.6 Å². The van der Waals surface area contributed by atoms with Crippen molar-refractivity contribution < 1.29 is 24.4 Å². The highest BCUT2D eigenvalue weighted by atomic mass is 16.4. The molecule has 0 unspecified atom stereocenters. The average Bonchev–Trinajstić information content (AvgIpc) is 2.89. The number of nitrogens with one attached hydrogen (secondary N) is 2. The Hall–Kier alpha value is -3.89. The van der Waals surface area contributed by atoms with Crippen LogP contribution >= 0.6 is 0 Å². The standard InChI is InChI=1S/C25H27BN4O5/c31-22(19-11-5-2-6-12-19)16-20(29-25(33)21-17-27-14-15-28-21)24(32)30-23(26(34)35)13-7-10-18-8-3-1-4-9-18/h1-6,8-9,11-12,14-15,17,20,23,34-35H,7,10,13,16H2,(H,29,33)(H,30,32)/t20-,23+/m1/s1. The number of carbonyl (C=O) groups excluding carboxylic acids is 3. The van der Waals surface area contributed by atoms with Crippen molar-refractivity contribution in [3.63, 3.8) is 0 Å². The molecule has 0 aliphatic rings. The fraction of sp³-hybridized carbons (Fsp3) is 0.240. The molecule has 2 aromatic carbocycles. The highest BCUT2D eigenvalue weighted by Gasteiger charge is 2.31. The topological polar surface area (TPSA) is 142 Å². The molecule has 1 heterocycles. The molecule has 0 saturated heterocycles. The number of hydrogen-bond acceptors (Lipinski definition) is 7. The summed E-state index contributed by atoms with van der Waals surface area (Å²) in [6.45, 7) is 0. The number of rotatable bonds is 12. The van der Waals surface area contributed by atoms with E-state index in [4.69, 9.17) is 0 Å². The Labute approximate surface area is 203 Å². The number of hydrogen-bond donors (Lipinski definition) is 4. The number of carbonyl (C=O) groups is 3. The lowest BCUT2D eigenvalue weighted by molar-refractivity contribution is -0.123. The normalized spacial score (nSPS) is 12.3. The van der Waals surface area contributed by atoms with Gasteiger partial charge in [-0.3, -0.25) is 19.4 Å². The van der Waals surface area contributed by atoms with Crippen LogP contribution < -0.4 is 10.6 Å². The van der Waals surface area contributed by atoms with Gasteiger partial charge in [0.25, 0.3) is 5.91 Å². The van der Waals surface area contributed by atoms with Crippen LogP contribution in [-0.2, 0) is 11.2 Å². The van der Waals surface area contributed by atoms with Crippen LogP contribution in [0.1, 0.15) is 45.7 Å². The molecule has 3 aromatic rings. The second-order valence-corrected chi connectivity index (χ2v) is 8.02. The van der Waals surface area contributed by atoms with E-state index >= 15 is 0 Å². The first kappa shape index (κ1) is 25.7. The molecular weight excluding hydrogens is 447 g/mol. The molecule has 9 nitrogen and oxygen atoms in total. The first-order chi connectivity index (χ1) is 16.9. The van der Waals surface area contributed by atoms with Gasteiger partial charge in [0.15, 0.2) is 5.78 Å². The number of amides is 2. The van der Waals surface area contributed by atoms with E-state index in [0.717, 1.165) is 5.56 Å². The lowest BCUT2D eigenvalue weighted by Gasteiger charge is -2.23. The number of ketones is 1. The molecule has 2 amide bonds. The van der Waals surface area contributed by atoms with Gasteiger partial charge in [-0.15, -0.1) is 0 Å². The molecule has 10 heteroatoms. The summed E-state index contributed by atoms with van der Waals surface area (Å²) in [5.74, 6) is -2.71. The van der Waals surface area contributed by atoms with Crippen molar-refractivity contribution in [2.75, 3.05) is 0 Å². The van der Waals surface area contributed by atoms with E-state index < -0.39 is 30.9 Å². The molecule has 0 radical (unpaired) electrons. The monoisotopic (exact) mass is 474 g/mol. The summed E-state index contributed by atoms with van der Waals surface area (Å²) in [5, 5.41) is 24.8. The van der Waals surface area contributed by atoms with E-state index in [0.29, 0.717) is 18.4 Å². The molecule has 0 aliphatic carbocycles. The van der Waals surface area contributed by atoms with E-state index in [-0.39, 0.29) is 24.3 Å². The van der Waals surface area contributed by atoms with Gasteiger partial charge in [0.05, 0.1) is 12.1 Å². The largest absolute Gasteiger partial charge is 0.475 e. The minimum absolute atomic E-state index is 0.0148. The Bertz CT molecular complexity index is 1050. The van der Waals surface area contributed by atoms with Crippen molar-refractivity contribution in [3.05, 3.63) is 96.1 Å². The lowest BCUT2D eigenvalue weighted by atomic mass is 9.76. The summed E-state index contributed by atoms with van der Waals surface area (Å²) in [5.41, 5.74) is 1.47. The van der Waals surface area contributed by atoms with Crippen LogP contribution in [0, 0.1) is 0 Å².